The number of benzene rings is 1. The van der Waals surface area contributed by atoms with Gasteiger partial charge in [-0.25, -0.2) is 4.79 Å². The van der Waals surface area contributed by atoms with Crippen molar-refractivity contribution in [3.05, 3.63) is 28.8 Å². The Morgan fingerprint density at radius 1 is 1.55 bits per heavy atom. The summed E-state index contributed by atoms with van der Waals surface area (Å²) in [5.74, 6) is -0.201. The lowest BCUT2D eigenvalue weighted by Crippen LogP contribution is -2.30. The summed E-state index contributed by atoms with van der Waals surface area (Å²) in [6, 6.07) is 4.74. The van der Waals surface area contributed by atoms with E-state index in [9.17, 15) is 9.59 Å². The van der Waals surface area contributed by atoms with Crippen molar-refractivity contribution in [3.8, 4) is 0 Å². The Kier molecular flexibility index (Phi) is 6.93. The topological polar surface area (TPSA) is 87.5 Å². The minimum absolute atomic E-state index is 0. The van der Waals surface area contributed by atoms with Gasteiger partial charge in [0.25, 0.3) is 5.91 Å². The number of carbonyl (C=O) groups excluding carboxylic acids is 2. The maximum absolute atomic E-state index is 12.1. The molecule has 1 aliphatic heterocycles. The van der Waals surface area contributed by atoms with E-state index in [1.807, 2.05) is 6.92 Å². The van der Waals surface area contributed by atoms with Crippen LogP contribution in [0.4, 0.5) is 10.5 Å². The summed E-state index contributed by atoms with van der Waals surface area (Å²) < 4.78 is 0. The third kappa shape index (κ3) is 4.50. The minimum atomic E-state index is -0.202. The van der Waals surface area contributed by atoms with Gasteiger partial charge in [0, 0.05) is 31.2 Å². The standard InChI is InChI=1S/C14H19ClN4O2.ClH/c1-9(16)4-5-17-13(20)10-2-3-11(15)12(8-10)19-7-6-18-14(19)21;/h2-3,8-9H,4-7,16H2,1H3,(H,17,20)(H,18,21);1H. The number of carbonyl (C=O) groups is 2. The quantitative estimate of drug-likeness (QED) is 0.758. The lowest BCUT2D eigenvalue weighted by Gasteiger charge is -2.17. The summed E-state index contributed by atoms with van der Waals surface area (Å²) in [6.07, 6.45) is 0.709. The predicted molar refractivity (Wildman–Crippen MR) is 90.0 cm³/mol. The lowest BCUT2D eigenvalue weighted by molar-refractivity contribution is 0.0953. The van der Waals surface area contributed by atoms with Gasteiger partial charge in [-0.2, -0.15) is 0 Å². The van der Waals surface area contributed by atoms with Crippen molar-refractivity contribution in [3.63, 3.8) is 0 Å². The molecule has 0 radical (unpaired) electrons. The van der Waals surface area contributed by atoms with Gasteiger partial charge in [-0.1, -0.05) is 11.6 Å². The molecule has 4 N–H and O–H groups in total. The molecule has 1 fully saturated rings. The van der Waals surface area contributed by atoms with Gasteiger partial charge in [-0.05, 0) is 31.5 Å². The van der Waals surface area contributed by atoms with Crippen LogP contribution in [0.25, 0.3) is 0 Å². The van der Waals surface area contributed by atoms with Crippen LogP contribution in [-0.4, -0.2) is 37.6 Å². The second-order valence-corrected chi connectivity index (χ2v) is 5.48. The van der Waals surface area contributed by atoms with Crippen LogP contribution in [-0.2, 0) is 0 Å². The first kappa shape index (κ1) is 18.5. The number of halogens is 2. The third-order valence-electron chi connectivity index (χ3n) is 3.24. The van der Waals surface area contributed by atoms with Gasteiger partial charge >= 0.3 is 6.03 Å². The number of nitrogens with one attached hydrogen (secondary N) is 2. The van der Waals surface area contributed by atoms with E-state index in [-0.39, 0.29) is 30.4 Å². The van der Waals surface area contributed by atoms with Crippen LogP contribution in [0.2, 0.25) is 5.02 Å². The van der Waals surface area contributed by atoms with Crippen molar-refractivity contribution in [2.45, 2.75) is 19.4 Å². The zero-order chi connectivity index (χ0) is 15.4. The van der Waals surface area contributed by atoms with Gasteiger partial charge in [0.1, 0.15) is 0 Å². The molecular weight excluding hydrogens is 327 g/mol. The molecule has 6 nitrogen and oxygen atoms in total. The average molecular weight is 347 g/mol. The third-order valence-corrected chi connectivity index (χ3v) is 3.56. The zero-order valence-electron chi connectivity index (χ0n) is 12.3. The molecule has 1 heterocycles. The summed E-state index contributed by atoms with van der Waals surface area (Å²) in [7, 11) is 0. The first-order chi connectivity index (χ1) is 9.99. The Balaban J connectivity index is 0.00000242. The van der Waals surface area contributed by atoms with E-state index in [2.05, 4.69) is 10.6 Å². The van der Waals surface area contributed by atoms with Gasteiger partial charge in [-0.3, -0.25) is 9.69 Å². The fourth-order valence-corrected chi connectivity index (χ4v) is 2.30. The lowest BCUT2D eigenvalue weighted by atomic mass is 10.1. The van der Waals surface area contributed by atoms with Crippen molar-refractivity contribution in [2.75, 3.05) is 24.5 Å². The molecule has 8 heteroatoms. The number of hydrogen-bond donors (Lipinski definition) is 3. The summed E-state index contributed by atoms with van der Waals surface area (Å²) >= 11 is 6.12. The molecule has 0 aromatic heterocycles. The molecule has 0 saturated carbocycles. The highest BCUT2D eigenvalue weighted by Gasteiger charge is 2.24. The molecule has 1 saturated heterocycles. The van der Waals surface area contributed by atoms with Crippen LogP contribution in [0.3, 0.4) is 0 Å². The highest BCUT2D eigenvalue weighted by Crippen LogP contribution is 2.28. The van der Waals surface area contributed by atoms with Crippen molar-refractivity contribution in [1.29, 1.82) is 0 Å². The molecule has 1 aliphatic rings. The number of urea groups is 1. The minimum Gasteiger partial charge on any atom is -0.352 e. The molecule has 0 bridgehead atoms. The fourth-order valence-electron chi connectivity index (χ4n) is 2.08. The number of nitrogens with two attached hydrogens (primary N) is 1. The van der Waals surface area contributed by atoms with E-state index in [1.165, 1.54) is 4.90 Å². The van der Waals surface area contributed by atoms with Crippen molar-refractivity contribution in [2.24, 2.45) is 5.73 Å². The monoisotopic (exact) mass is 346 g/mol. The van der Waals surface area contributed by atoms with E-state index in [0.717, 1.165) is 0 Å². The van der Waals surface area contributed by atoms with E-state index < -0.39 is 0 Å². The van der Waals surface area contributed by atoms with E-state index in [1.54, 1.807) is 18.2 Å². The van der Waals surface area contributed by atoms with Crippen LogP contribution in [0.1, 0.15) is 23.7 Å². The van der Waals surface area contributed by atoms with Crippen LogP contribution in [0.15, 0.2) is 18.2 Å². The predicted octanol–water partition coefficient (Wildman–Crippen LogP) is 1.76. The summed E-state index contributed by atoms with van der Waals surface area (Å²) in [5.41, 5.74) is 6.66. The molecule has 2 rings (SSSR count). The Morgan fingerprint density at radius 2 is 2.27 bits per heavy atom. The number of rotatable bonds is 5. The summed E-state index contributed by atoms with van der Waals surface area (Å²) in [6.45, 7) is 3.51. The Labute approximate surface area is 140 Å². The van der Waals surface area contributed by atoms with Crippen molar-refractivity contribution >= 4 is 41.6 Å². The molecule has 0 spiro atoms. The molecule has 0 aliphatic carbocycles. The first-order valence-corrected chi connectivity index (χ1v) is 7.25. The molecule has 1 unspecified atom stereocenters. The van der Waals surface area contributed by atoms with Crippen molar-refractivity contribution < 1.29 is 9.59 Å². The Hall–Kier alpha value is -1.50. The largest absolute Gasteiger partial charge is 0.352 e. The molecule has 3 amide bonds. The van der Waals surface area contributed by atoms with Crippen LogP contribution >= 0.6 is 24.0 Å². The van der Waals surface area contributed by atoms with E-state index in [4.69, 9.17) is 17.3 Å². The SMILES string of the molecule is CC(N)CCNC(=O)c1ccc(Cl)c(N2CCNC2=O)c1.Cl. The van der Waals surface area contributed by atoms with Gasteiger partial charge in [0.2, 0.25) is 0 Å². The van der Waals surface area contributed by atoms with E-state index in [0.29, 0.717) is 42.3 Å². The van der Waals surface area contributed by atoms with Crippen LogP contribution in [0.5, 0.6) is 0 Å². The van der Waals surface area contributed by atoms with Gasteiger partial charge in [0.05, 0.1) is 10.7 Å². The maximum atomic E-state index is 12.1. The number of anilines is 1. The highest BCUT2D eigenvalue weighted by atomic mass is 35.5. The summed E-state index contributed by atoms with van der Waals surface area (Å²) in [4.78, 5) is 25.3. The Morgan fingerprint density at radius 3 is 2.86 bits per heavy atom. The van der Waals surface area contributed by atoms with Gasteiger partial charge < -0.3 is 16.4 Å². The van der Waals surface area contributed by atoms with Crippen LogP contribution < -0.4 is 21.3 Å². The molecule has 1 atom stereocenters. The molecule has 1 aromatic rings. The first-order valence-electron chi connectivity index (χ1n) is 6.87. The fraction of sp³-hybridized carbons (Fsp3) is 0.429. The number of amides is 3. The zero-order valence-corrected chi connectivity index (χ0v) is 13.8. The van der Waals surface area contributed by atoms with Crippen LogP contribution in [0, 0.1) is 0 Å². The molecular formula is C14H20Cl2N4O2. The molecule has 1 aromatic carbocycles. The smallest absolute Gasteiger partial charge is 0.322 e. The number of nitrogens with zero attached hydrogens (tertiary/aromatic N) is 1. The second-order valence-electron chi connectivity index (χ2n) is 5.07. The molecule has 122 valence electrons. The van der Waals surface area contributed by atoms with Gasteiger partial charge in [0.15, 0.2) is 0 Å². The van der Waals surface area contributed by atoms with E-state index >= 15 is 0 Å². The Bertz CT molecular complexity index is 552. The summed E-state index contributed by atoms with van der Waals surface area (Å²) in [5, 5.41) is 5.95. The normalized spacial score (nSPS) is 15.0. The average Bonchev–Trinajstić information content (AvgIpc) is 2.85. The van der Waals surface area contributed by atoms with Crippen molar-refractivity contribution in [1.82, 2.24) is 10.6 Å². The van der Waals surface area contributed by atoms with Gasteiger partial charge in [-0.15, -0.1) is 12.4 Å². The molecule has 22 heavy (non-hydrogen) atoms. The maximum Gasteiger partial charge on any atom is 0.322 e. The second kappa shape index (κ2) is 8.22. The number of hydrogen-bond acceptors (Lipinski definition) is 3. The highest BCUT2D eigenvalue weighted by molar-refractivity contribution is 6.34.